The minimum atomic E-state index is -0.535. The lowest BCUT2D eigenvalue weighted by molar-refractivity contribution is 0.621. The first-order chi connectivity index (χ1) is 5.29. The smallest absolute Gasteiger partial charge is 0.209 e. The molecule has 6 heteroatoms. The number of rotatable bonds is 0. The summed E-state index contributed by atoms with van der Waals surface area (Å²) in [6.45, 7) is 0. The van der Waals surface area contributed by atoms with Crippen molar-refractivity contribution in [2.45, 2.75) is 0 Å². The number of aromatic nitrogens is 4. The van der Waals surface area contributed by atoms with Gasteiger partial charge in [-0.15, -0.1) is 10.2 Å². The van der Waals surface area contributed by atoms with Crippen LogP contribution >= 0.6 is 11.6 Å². The second kappa shape index (κ2) is 2.13. The van der Waals surface area contributed by atoms with Crippen LogP contribution in [0.4, 0.5) is 4.39 Å². The molecule has 2 aromatic heterocycles. The molecule has 2 rings (SSSR count). The molecular weight excluding hydrogens is 171 g/mol. The van der Waals surface area contributed by atoms with Crippen LogP contribution in [0.25, 0.3) is 5.65 Å². The van der Waals surface area contributed by atoms with Gasteiger partial charge in [0.25, 0.3) is 0 Å². The molecule has 11 heavy (non-hydrogen) atoms. The van der Waals surface area contributed by atoms with Gasteiger partial charge in [-0.25, -0.2) is 9.37 Å². The fraction of sp³-hybridized carbons (Fsp3) is 0. The lowest BCUT2D eigenvalue weighted by Gasteiger charge is -1.93. The van der Waals surface area contributed by atoms with E-state index in [1.54, 1.807) is 0 Å². The topological polar surface area (TPSA) is 43.1 Å². The zero-order valence-electron chi connectivity index (χ0n) is 5.20. The zero-order chi connectivity index (χ0) is 7.84. The molecule has 0 aromatic carbocycles. The Balaban J connectivity index is 2.96. The minimum absolute atomic E-state index is 0.0880. The molecule has 4 nitrogen and oxygen atoms in total. The van der Waals surface area contributed by atoms with Gasteiger partial charge in [-0.1, -0.05) is 0 Å². The molecule has 0 aliphatic carbocycles. The van der Waals surface area contributed by atoms with Crippen LogP contribution in [0.15, 0.2) is 12.5 Å². The predicted molar refractivity (Wildman–Crippen MR) is 35.8 cm³/mol. The van der Waals surface area contributed by atoms with Gasteiger partial charge in [0.1, 0.15) is 6.33 Å². The van der Waals surface area contributed by atoms with Gasteiger partial charge in [0, 0.05) is 0 Å². The van der Waals surface area contributed by atoms with E-state index in [-0.39, 0.29) is 10.9 Å². The molecule has 0 atom stereocenters. The molecule has 0 N–H and O–H groups in total. The number of fused-ring (bicyclic) bond motifs is 1. The highest BCUT2D eigenvalue weighted by atomic mass is 35.5. The van der Waals surface area contributed by atoms with Crippen molar-refractivity contribution < 1.29 is 4.39 Å². The summed E-state index contributed by atoms with van der Waals surface area (Å²) in [7, 11) is 0. The molecular formula is C5H2ClFN4. The van der Waals surface area contributed by atoms with Crippen LogP contribution in [0.2, 0.25) is 5.28 Å². The molecule has 0 unspecified atom stereocenters. The van der Waals surface area contributed by atoms with E-state index in [2.05, 4.69) is 15.2 Å². The molecule has 0 amide bonds. The number of hydrogen-bond acceptors (Lipinski definition) is 3. The number of hydrogen-bond donors (Lipinski definition) is 0. The Hall–Kier alpha value is -1.23. The van der Waals surface area contributed by atoms with Crippen molar-refractivity contribution in [2.24, 2.45) is 0 Å². The molecule has 56 valence electrons. The number of halogens is 2. The molecule has 0 saturated heterocycles. The van der Waals surface area contributed by atoms with Crippen molar-refractivity contribution >= 4 is 17.2 Å². The summed E-state index contributed by atoms with van der Waals surface area (Å²) in [5.41, 5.74) is 0.0880. The lowest BCUT2D eigenvalue weighted by Crippen LogP contribution is -1.92. The predicted octanol–water partition coefficient (Wildman–Crippen LogP) is 0.917. The molecule has 0 saturated carbocycles. The van der Waals surface area contributed by atoms with Crippen molar-refractivity contribution in [1.82, 2.24) is 19.6 Å². The van der Waals surface area contributed by atoms with Crippen molar-refractivity contribution in [3.05, 3.63) is 23.6 Å². The van der Waals surface area contributed by atoms with E-state index in [4.69, 9.17) is 11.6 Å². The first-order valence-electron chi connectivity index (χ1n) is 2.79. The lowest BCUT2D eigenvalue weighted by atomic mass is 10.6. The maximum absolute atomic E-state index is 12.8. The third kappa shape index (κ3) is 0.848. The Labute approximate surface area is 65.6 Å². The van der Waals surface area contributed by atoms with E-state index in [9.17, 15) is 4.39 Å². The maximum Gasteiger partial charge on any atom is 0.209 e. The third-order valence-corrected chi connectivity index (χ3v) is 1.52. The second-order valence-corrected chi connectivity index (χ2v) is 2.24. The zero-order valence-corrected chi connectivity index (χ0v) is 5.96. The minimum Gasteiger partial charge on any atom is -0.253 e. The highest BCUT2D eigenvalue weighted by molar-refractivity contribution is 6.28. The van der Waals surface area contributed by atoms with Gasteiger partial charge in [-0.05, 0) is 11.6 Å². The molecule has 0 radical (unpaired) electrons. The molecule has 0 spiro atoms. The Morgan fingerprint density at radius 2 is 2.36 bits per heavy atom. The summed E-state index contributed by atoms with van der Waals surface area (Å²) >= 11 is 5.58. The second-order valence-electron chi connectivity index (χ2n) is 1.90. The van der Waals surface area contributed by atoms with Crippen LogP contribution < -0.4 is 0 Å². The number of nitrogens with zero attached hydrogens (tertiary/aromatic N) is 4. The standard InChI is InChI=1S/C5H2ClFN4/c6-5-8-1-3(7)4-10-9-2-11(4)5/h1-2H. The summed E-state index contributed by atoms with van der Waals surface area (Å²) in [4.78, 5) is 3.55. The van der Waals surface area contributed by atoms with Crippen molar-refractivity contribution in [3.8, 4) is 0 Å². The van der Waals surface area contributed by atoms with Gasteiger partial charge in [-0.3, -0.25) is 4.40 Å². The van der Waals surface area contributed by atoms with E-state index < -0.39 is 5.82 Å². The first kappa shape index (κ1) is 6.48. The van der Waals surface area contributed by atoms with Gasteiger partial charge in [0.2, 0.25) is 10.9 Å². The fourth-order valence-electron chi connectivity index (χ4n) is 0.763. The molecule has 0 fully saturated rings. The van der Waals surface area contributed by atoms with Gasteiger partial charge in [0.15, 0.2) is 5.82 Å². The highest BCUT2D eigenvalue weighted by Gasteiger charge is 2.05. The maximum atomic E-state index is 12.8. The monoisotopic (exact) mass is 172 g/mol. The molecule has 0 aliphatic rings. The summed E-state index contributed by atoms with van der Waals surface area (Å²) < 4.78 is 14.0. The van der Waals surface area contributed by atoms with Crippen molar-refractivity contribution in [1.29, 1.82) is 0 Å². The van der Waals surface area contributed by atoms with E-state index in [1.165, 1.54) is 10.7 Å². The average Bonchev–Trinajstić information content (AvgIpc) is 2.45. The normalized spacial score (nSPS) is 10.7. The molecule has 2 aromatic rings. The summed E-state index contributed by atoms with van der Waals surface area (Å²) in [5, 5.41) is 7.11. The fourth-order valence-corrected chi connectivity index (χ4v) is 0.935. The van der Waals surface area contributed by atoms with E-state index in [1.807, 2.05) is 0 Å². The Kier molecular flexibility index (Phi) is 1.25. The summed E-state index contributed by atoms with van der Waals surface area (Å²) in [5.74, 6) is -0.535. The summed E-state index contributed by atoms with van der Waals surface area (Å²) in [6, 6.07) is 0. The van der Waals surface area contributed by atoms with Gasteiger partial charge >= 0.3 is 0 Å². The van der Waals surface area contributed by atoms with Gasteiger partial charge in [-0.2, -0.15) is 0 Å². The van der Waals surface area contributed by atoms with Crippen LogP contribution in [0.5, 0.6) is 0 Å². The Bertz CT molecular complexity index is 362. The first-order valence-corrected chi connectivity index (χ1v) is 3.16. The van der Waals surface area contributed by atoms with Gasteiger partial charge < -0.3 is 0 Å². The molecule has 2 heterocycles. The van der Waals surface area contributed by atoms with Crippen LogP contribution in [0.1, 0.15) is 0 Å². The molecule has 0 bridgehead atoms. The van der Waals surface area contributed by atoms with Crippen LogP contribution in [-0.4, -0.2) is 19.6 Å². The van der Waals surface area contributed by atoms with Crippen LogP contribution in [-0.2, 0) is 0 Å². The van der Waals surface area contributed by atoms with Crippen LogP contribution in [0.3, 0.4) is 0 Å². The van der Waals surface area contributed by atoms with E-state index in [0.717, 1.165) is 6.20 Å². The van der Waals surface area contributed by atoms with Crippen molar-refractivity contribution in [2.75, 3.05) is 0 Å². The van der Waals surface area contributed by atoms with E-state index >= 15 is 0 Å². The SMILES string of the molecule is Fc1cnc(Cl)n2cnnc12. The highest BCUT2D eigenvalue weighted by Crippen LogP contribution is 2.09. The Morgan fingerprint density at radius 1 is 1.55 bits per heavy atom. The average molecular weight is 173 g/mol. The van der Waals surface area contributed by atoms with Crippen LogP contribution in [0, 0.1) is 5.82 Å². The third-order valence-electron chi connectivity index (χ3n) is 1.24. The summed E-state index contributed by atoms with van der Waals surface area (Å²) in [6.07, 6.45) is 2.31. The van der Waals surface area contributed by atoms with Crippen molar-refractivity contribution in [3.63, 3.8) is 0 Å². The molecule has 0 aliphatic heterocycles. The largest absolute Gasteiger partial charge is 0.253 e. The Morgan fingerprint density at radius 3 is 3.09 bits per heavy atom. The van der Waals surface area contributed by atoms with E-state index in [0.29, 0.717) is 0 Å². The van der Waals surface area contributed by atoms with Gasteiger partial charge in [0.05, 0.1) is 6.20 Å². The quantitative estimate of drug-likeness (QED) is 0.555.